The van der Waals surface area contributed by atoms with E-state index in [1.54, 1.807) is 18.9 Å². The van der Waals surface area contributed by atoms with Gasteiger partial charge in [0.15, 0.2) is 5.16 Å². The van der Waals surface area contributed by atoms with Gasteiger partial charge in [0.2, 0.25) is 0 Å². The van der Waals surface area contributed by atoms with Gasteiger partial charge in [0.05, 0.1) is 18.1 Å². The fourth-order valence-electron chi connectivity index (χ4n) is 1.73. The average Bonchev–Trinajstić information content (AvgIpc) is 2.75. The third kappa shape index (κ3) is 4.14. The molecule has 0 amide bonds. The van der Waals surface area contributed by atoms with Crippen LogP contribution in [-0.2, 0) is 0 Å². The molecule has 0 aliphatic heterocycles. The van der Waals surface area contributed by atoms with Gasteiger partial charge < -0.3 is 15.0 Å². The van der Waals surface area contributed by atoms with Gasteiger partial charge in [-0.15, -0.1) is 0 Å². The molecule has 0 aliphatic rings. The van der Waals surface area contributed by atoms with Crippen molar-refractivity contribution in [2.75, 3.05) is 19.4 Å². The maximum absolute atomic E-state index is 5.20. The molecule has 0 unspecified atom stereocenters. The molecule has 0 saturated heterocycles. The van der Waals surface area contributed by atoms with Crippen LogP contribution in [0.5, 0.6) is 5.75 Å². The average molecular weight is 279 g/mol. The number of fused-ring (bicyclic) bond motifs is 1. The van der Waals surface area contributed by atoms with E-state index in [2.05, 4.69) is 36.1 Å². The molecule has 1 aromatic carbocycles. The lowest BCUT2D eigenvalue weighted by Gasteiger charge is -2.19. The summed E-state index contributed by atoms with van der Waals surface area (Å²) in [7, 11) is 1.67. The maximum Gasteiger partial charge on any atom is 0.166 e. The van der Waals surface area contributed by atoms with Crippen molar-refractivity contribution in [3.8, 4) is 5.75 Å². The molecule has 0 aliphatic carbocycles. The molecule has 104 valence electrons. The van der Waals surface area contributed by atoms with Crippen LogP contribution in [0.1, 0.15) is 20.8 Å². The number of benzene rings is 1. The van der Waals surface area contributed by atoms with Crippen molar-refractivity contribution in [3.63, 3.8) is 0 Å². The molecule has 1 aromatic heterocycles. The summed E-state index contributed by atoms with van der Waals surface area (Å²) in [4.78, 5) is 7.86. The predicted octanol–water partition coefficient (Wildman–Crippen LogP) is 3.05. The van der Waals surface area contributed by atoms with Crippen molar-refractivity contribution in [3.05, 3.63) is 18.2 Å². The summed E-state index contributed by atoms with van der Waals surface area (Å²) in [5, 5.41) is 4.42. The number of nitrogens with zero attached hydrogens (tertiary/aromatic N) is 1. The Balaban J connectivity index is 1.94. The largest absolute Gasteiger partial charge is 0.497 e. The van der Waals surface area contributed by atoms with Crippen LogP contribution in [0, 0.1) is 0 Å². The van der Waals surface area contributed by atoms with Gasteiger partial charge in [-0.05, 0) is 32.9 Å². The molecule has 0 bridgehead atoms. The maximum atomic E-state index is 5.20. The van der Waals surface area contributed by atoms with Gasteiger partial charge in [-0.2, -0.15) is 0 Å². The van der Waals surface area contributed by atoms with Crippen LogP contribution in [0.15, 0.2) is 23.4 Å². The van der Waals surface area contributed by atoms with Crippen LogP contribution < -0.4 is 10.1 Å². The lowest BCUT2D eigenvalue weighted by molar-refractivity contribution is 0.415. The zero-order valence-corrected chi connectivity index (χ0v) is 12.7. The van der Waals surface area contributed by atoms with E-state index in [9.17, 15) is 0 Å². The summed E-state index contributed by atoms with van der Waals surface area (Å²) in [6, 6.07) is 5.88. The monoisotopic (exact) mass is 279 g/mol. The normalized spacial score (nSPS) is 12.0. The highest BCUT2D eigenvalue weighted by Gasteiger charge is 2.08. The molecule has 19 heavy (non-hydrogen) atoms. The second-order valence-electron chi connectivity index (χ2n) is 5.45. The van der Waals surface area contributed by atoms with Crippen molar-refractivity contribution in [1.29, 1.82) is 0 Å². The molecular weight excluding hydrogens is 258 g/mol. The first-order chi connectivity index (χ1) is 8.98. The van der Waals surface area contributed by atoms with Gasteiger partial charge in [-0.25, -0.2) is 4.98 Å². The number of aromatic nitrogens is 2. The van der Waals surface area contributed by atoms with Crippen LogP contribution in [0.3, 0.4) is 0 Å². The molecule has 0 spiro atoms. The summed E-state index contributed by atoms with van der Waals surface area (Å²) in [6.45, 7) is 7.48. The Morgan fingerprint density at radius 2 is 2.16 bits per heavy atom. The Morgan fingerprint density at radius 1 is 1.37 bits per heavy atom. The van der Waals surface area contributed by atoms with Gasteiger partial charge in [-0.3, -0.25) is 0 Å². The number of hydrogen-bond acceptors (Lipinski definition) is 4. The fourth-order valence-corrected chi connectivity index (χ4v) is 2.48. The van der Waals surface area contributed by atoms with Crippen LogP contribution in [-0.4, -0.2) is 34.9 Å². The van der Waals surface area contributed by atoms with E-state index in [0.29, 0.717) is 0 Å². The molecule has 4 nitrogen and oxygen atoms in total. The smallest absolute Gasteiger partial charge is 0.166 e. The van der Waals surface area contributed by atoms with Gasteiger partial charge in [0.25, 0.3) is 0 Å². The molecule has 0 fully saturated rings. The van der Waals surface area contributed by atoms with Gasteiger partial charge >= 0.3 is 0 Å². The van der Waals surface area contributed by atoms with Gasteiger partial charge in [0, 0.05) is 23.9 Å². The van der Waals surface area contributed by atoms with Gasteiger partial charge in [-0.1, -0.05) is 11.8 Å². The molecule has 2 N–H and O–H groups in total. The Labute approximate surface area is 118 Å². The summed E-state index contributed by atoms with van der Waals surface area (Å²) in [5.41, 5.74) is 2.17. The standard InChI is InChI=1S/C14H21N3OS/c1-14(2,3)15-7-8-19-13-16-11-6-5-10(18-4)9-12(11)17-13/h5-6,9,15H,7-8H2,1-4H3,(H,16,17). The highest BCUT2D eigenvalue weighted by atomic mass is 32.2. The van der Waals surface area contributed by atoms with E-state index < -0.39 is 0 Å². The van der Waals surface area contributed by atoms with Crippen molar-refractivity contribution >= 4 is 22.8 Å². The second-order valence-corrected chi connectivity index (χ2v) is 6.53. The predicted molar refractivity (Wildman–Crippen MR) is 81.1 cm³/mol. The molecule has 1 heterocycles. The number of rotatable bonds is 5. The minimum Gasteiger partial charge on any atom is -0.497 e. The van der Waals surface area contributed by atoms with Crippen LogP contribution in [0.4, 0.5) is 0 Å². The number of ether oxygens (including phenoxy) is 1. The van der Waals surface area contributed by atoms with E-state index in [-0.39, 0.29) is 5.54 Å². The highest BCUT2D eigenvalue weighted by molar-refractivity contribution is 7.99. The third-order valence-corrected chi connectivity index (χ3v) is 3.54. The van der Waals surface area contributed by atoms with E-state index in [1.807, 2.05) is 18.2 Å². The number of methoxy groups -OCH3 is 1. The summed E-state index contributed by atoms with van der Waals surface area (Å²) >= 11 is 1.73. The SMILES string of the molecule is COc1ccc2nc(SCCNC(C)(C)C)[nH]c2c1. The van der Waals surface area contributed by atoms with E-state index >= 15 is 0 Å². The molecule has 5 heteroatoms. The number of thioether (sulfide) groups is 1. The highest BCUT2D eigenvalue weighted by Crippen LogP contribution is 2.22. The van der Waals surface area contributed by atoms with Crippen LogP contribution >= 0.6 is 11.8 Å². The molecular formula is C14H21N3OS. The van der Waals surface area contributed by atoms with Crippen LogP contribution in [0.2, 0.25) is 0 Å². The van der Waals surface area contributed by atoms with Crippen molar-refractivity contribution in [1.82, 2.24) is 15.3 Å². The second kappa shape index (κ2) is 5.84. The number of hydrogen-bond donors (Lipinski definition) is 2. The molecule has 0 radical (unpaired) electrons. The first-order valence-corrected chi connectivity index (χ1v) is 7.38. The summed E-state index contributed by atoms with van der Waals surface area (Å²) in [5.74, 6) is 1.84. The number of H-pyrrole nitrogens is 1. The number of imidazole rings is 1. The van der Waals surface area contributed by atoms with E-state index in [4.69, 9.17) is 4.74 Å². The number of nitrogens with one attached hydrogen (secondary N) is 2. The Hall–Kier alpha value is -1.20. The molecule has 0 atom stereocenters. The minimum atomic E-state index is 0.168. The van der Waals surface area contributed by atoms with Crippen molar-refractivity contribution < 1.29 is 4.74 Å². The zero-order valence-electron chi connectivity index (χ0n) is 11.9. The van der Waals surface area contributed by atoms with Gasteiger partial charge in [0.1, 0.15) is 5.75 Å². The topological polar surface area (TPSA) is 49.9 Å². The molecule has 2 rings (SSSR count). The quantitative estimate of drug-likeness (QED) is 0.652. The van der Waals surface area contributed by atoms with E-state index in [1.165, 1.54) is 0 Å². The van der Waals surface area contributed by atoms with Crippen LogP contribution in [0.25, 0.3) is 11.0 Å². The Morgan fingerprint density at radius 3 is 2.84 bits per heavy atom. The first kappa shape index (κ1) is 14.2. The number of aromatic amines is 1. The molecule has 0 saturated carbocycles. The Kier molecular flexibility index (Phi) is 4.37. The third-order valence-electron chi connectivity index (χ3n) is 2.66. The van der Waals surface area contributed by atoms with E-state index in [0.717, 1.165) is 34.2 Å². The first-order valence-electron chi connectivity index (χ1n) is 6.39. The lowest BCUT2D eigenvalue weighted by Crippen LogP contribution is -2.37. The minimum absolute atomic E-state index is 0.168. The Bertz CT molecular complexity index is 545. The summed E-state index contributed by atoms with van der Waals surface area (Å²) in [6.07, 6.45) is 0. The summed E-state index contributed by atoms with van der Waals surface area (Å²) < 4.78 is 5.20. The van der Waals surface area contributed by atoms with Crippen molar-refractivity contribution in [2.24, 2.45) is 0 Å². The van der Waals surface area contributed by atoms with Crippen molar-refractivity contribution in [2.45, 2.75) is 31.5 Å². The zero-order chi connectivity index (χ0) is 13.9. The fraction of sp³-hybridized carbons (Fsp3) is 0.500. The molecule has 2 aromatic rings. The lowest BCUT2D eigenvalue weighted by atomic mass is 10.1.